The fourth-order valence-corrected chi connectivity index (χ4v) is 3.13. The van der Waals surface area contributed by atoms with Crippen molar-refractivity contribution in [2.45, 2.75) is 136 Å². The molecule has 0 fully saturated rings. The molecule has 0 aromatic heterocycles. The van der Waals surface area contributed by atoms with Crippen LogP contribution in [0.1, 0.15) is 130 Å². The largest absolute Gasteiger partial charge is 0.463 e. The molecule has 0 aliphatic carbocycles. The number of esters is 1. The van der Waals surface area contributed by atoms with Gasteiger partial charge < -0.3 is 4.74 Å². The van der Waals surface area contributed by atoms with Gasteiger partial charge in [0.15, 0.2) is 0 Å². The summed E-state index contributed by atoms with van der Waals surface area (Å²) in [4.78, 5) is 11.8. The first-order valence-corrected chi connectivity index (χ1v) is 10.9. The highest BCUT2D eigenvalue weighted by molar-refractivity contribution is 5.69. The molecule has 0 aliphatic rings. The summed E-state index contributed by atoms with van der Waals surface area (Å²) in [6, 6.07) is 0. The highest BCUT2D eigenvalue weighted by Gasteiger charge is 2.08. The van der Waals surface area contributed by atoms with Gasteiger partial charge in [-0.05, 0) is 26.2 Å². The molecule has 0 saturated carbocycles. The summed E-state index contributed by atoms with van der Waals surface area (Å²) < 4.78 is 5.51. The van der Waals surface area contributed by atoms with Gasteiger partial charge in [-0.3, -0.25) is 4.79 Å². The maximum Gasteiger partial charge on any atom is 0.306 e. The summed E-state index contributed by atoms with van der Waals surface area (Å²) in [5.41, 5.74) is 0. The molecule has 0 radical (unpaired) electrons. The molecule has 0 rings (SSSR count). The molecule has 0 aromatic carbocycles. The Hall–Kier alpha value is -0.530. The number of hydrogen-bond acceptors (Lipinski definition) is 2. The quantitative estimate of drug-likeness (QED) is 0.190. The number of carbonyl (C=O) groups is 1. The molecule has 0 aromatic rings. The molecule has 1 atom stereocenters. The Morgan fingerprint density at radius 2 is 1.08 bits per heavy atom. The standard InChI is InChI=1S/C22H44O2/c1-4-6-8-10-12-13-14-16-18-20-22(23)24-21(3)19-17-15-11-9-7-5-2/h21H,4-20H2,1-3H3/t21-/m1/s1. The average molecular weight is 341 g/mol. The first kappa shape index (κ1) is 23.5. The molecule has 2 nitrogen and oxygen atoms in total. The van der Waals surface area contributed by atoms with Crippen LogP contribution >= 0.6 is 0 Å². The van der Waals surface area contributed by atoms with Crippen LogP contribution in [0.5, 0.6) is 0 Å². The molecule has 0 N–H and O–H groups in total. The lowest BCUT2D eigenvalue weighted by Crippen LogP contribution is -2.14. The number of ether oxygens (including phenoxy) is 1. The van der Waals surface area contributed by atoms with Crippen LogP contribution in [0, 0.1) is 0 Å². The zero-order valence-corrected chi connectivity index (χ0v) is 16.9. The van der Waals surface area contributed by atoms with E-state index in [0.29, 0.717) is 6.42 Å². The summed E-state index contributed by atoms with van der Waals surface area (Å²) in [6.45, 7) is 6.54. The van der Waals surface area contributed by atoms with Crippen molar-refractivity contribution in [1.82, 2.24) is 0 Å². The van der Waals surface area contributed by atoms with E-state index in [-0.39, 0.29) is 12.1 Å². The van der Waals surface area contributed by atoms with Gasteiger partial charge in [0.05, 0.1) is 6.10 Å². The van der Waals surface area contributed by atoms with E-state index in [1.807, 2.05) is 6.92 Å². The van der Waals surface area contributed by atoms with Crippen molar-refractivity contribution in [3.05, 3.63) is 0 Å². The van der Waals surface area contributed by atoms with Gasteiger partial charge in [0.2, 0.25) is 0 Å². The van der Waals surface area contributed by atoms with E-state index in [1.54, 1.807) is 0 Å². The van der Waals surface area contributed by atoms with Crippen molar-refractivity contribution >= 4 is 5.97 Å². The molecule has 0 heterocycles. The van der Waals surface area contributed by atoms with Crippen molar-refractivity contribution in [3.63, 3.8) is 0 Å². The van der Waals surface area contributed by atoms with Crippen LogP contribution in [0.15, 0.2) is 0 Å². The second kappa shape index (κ2) is 18.8. The van der Waals surface area contributed by atoms with E-state index >= 15 is 0 Å². The minimum atomic E-state index is 0.0106. The first-order chi connectivity index (χ1) is 11.7. The van der Waals surface area contributed by atoms with Gasteiger partial charge in [0.1, 0.15) is 0 Å². The van der Waals surface area contributed by atoms with Crippen LogP contribution in [0.25, 0.3) is 0 Å². The molecule has 0 spiro atoms. The molecule has 24 heavy (non-hydrogen) atoms. The van der Waals surface area contributed by atoms with Crippen molar-refractivity contribution in [3.8, 4) is 0 Å². The van der Waals surface area contributed by atoms with Gasteiger partial charge in [-0.2, -0.15) is 0 Å². The molecule has 0 saturated heterocycles. The molecule has 0 bridgehead atoms. The predicted molar refractivity (Wildman–Crippen MR) is 105 cm³/mol. The lowest BCUT2D eigenvalue weighted by Gasteiger charge is -2.13. The van der Waals surface area contributed by atoms with E-state index in [9.17, 15) is 4.79 Å². The van der Waals surface area contributed by atoms with Gasteiger partial charge in [0, 0.05) is 6.42 Å². The average Bonchev–Trinajstić information content (AvgIpc) is 2.56. The normalized spacial score (nSPS) is 12.3. The van der Waals surface area contributed by atoms with Crippen LogP contribution in [0.3, 0.4) is 0 Å². The van der Waals surface area contributed by atoms with Crippen LogP contribution in [-0.2, 0) is 9.53 Å². The summed E-state index contributed by atoms with van der Waals surface area (Å²) in [5.74, 6) is 0.0106. The lowest BCUT2D eigenvalue weighted by molar-refractivity contribution is -0.148. The second-order valence-electron chi connectivity index (χ2n) is 7.44. The zero-order valence-electron chi connectivity index (χ0n) is 16.9. The third-order valence-electron chi connectivity index (χ3n) is 4.78. The molecule has 144 valence electrons. The summed E-state index contributed by atoms with van der Waals surface area (Å²) in [6.07, 6.45) is 21.1. The third-order valence-corrected chi connectivity index (χ3v) is 4.78. The van der Waals surface area contributed by atoms with Gasteiger partial charge >= 0.3 is 5.97 Å². The van der Waals surface area contributed by atoms with Gasteiger partial charge in [-0.15, -0.1) is 0 Å². The molecule has 0 unspecified atom stereocenters. The van der Waals surface area contributed by atoms with Crippen LogP contribution < -0.4 is 0 Å². The molecule has 0 aliphatic heterocycles. The highest BCUT2D eigenvalue weighted by atomic mass is 16.5. The van der Waals surface area contributed by atoms with Gasteiger partial charge in [-0.1, -0.05) is 97.3 Å². The smallest absolute Gasteiger partial charge is 0.306 e. The molecular weight excluding hydrogens is 296 g/mol. The lowest BCUT2D eigenvalue weighted by atomic mass is 10.1. The maximum atomic E-state index is 11.8. The van der Waals surface area contributed by atoms with Crippen molar-refractivity contribution in [2.24, 2.45) is 0 Å². The molecule has 0 amide bonds. The highest BCUT2D eigenvalue weighted by Crippen LogP contribution is 2.13. The van der Waals surface area contributed by atoms with E-state index in [2.05, 4.69) is 13.8 Å². The minimum absolute atomic E-state index is 0.0106. The number of rotatable bonds is 18. The Bertz CT molecular complexity index is 263. The number of unbranched alkanes of at least 4 members (excludes halogenated alkanes) is 13. The minimum Gasteiger partial charge on any atom is -0.463 e. The van der Waals surface area contributed by atoms with Crippen molar-refractivity contribution < 1.29 is 9.53 Å². The maximum absolute atomic E-state index is 11.8. The summed E-state index contributed by atoms with van der Waals surface area (Å²) >= 11 is 0. The first-order valence-electron chi connectivity index (χ1n) is 10.9. The summed E-state index contributed by atoms with van der Waals surface area (Å²) in [5, 5.41) is 0. The summed E-state index contributed by atoms with van der Waals surface area (Å²) in [7, 11) is 0. The third kappa shape index (κ3) is 17.8. The SMILES string of the molecule is CCCCCCCCCCCC(=O)O[C@H](C)CCCCCCCC. The fourth-order valence-electron chi connectivity index (χ4n) is 3.13. The van der Waals surface area contributed by atoms with Crippen LogP contribution in [0.2, 0.25) is 0 Å². The van der Waals surface area contributed by atoms with Crippen LogP contribution in [0.4, 0.5) is 0 Å². The Balaban J connectivity index is 3.32. The Morgan fingerprint density at radius 3 is 1.58 bits per heavy atom. The van der Waals surface area contributed by atoms with E-state index in [4.69, 9.17) is 4.74 Å². The van der Waals surface area contributed by atoms with E-state index in [1.165, 1.54) is 89.9 Å². The van der Waals surface area contributed by atoms with Crippen molar-refractivity contribution in [1.29, 1.82) is 0 Å². The van der Waals surface area contributed by atoms with Crippen LogP contribution in [-0.4, -0.2) is 12.1 Å². The monoisotopic (exact) mass is 340 g/mol. The number of carbonyl (C=O) groups excluding carboxylic acids is 1. The Morgan fingerprint density at radius 1 is 0.667 bits per heavy atom. The van der Waals surface area contributed by atoms with E-state index in [0.717, 1.165) is 12.8 Å². The topological polar surface area (TPSA) is 26.3 Å². The van der Waals surface area contributed by atoms with Gasteiger partial charge in [-0.25, -0.2) is 0 Å². The van der Waals surface area contributed by atoms with E-state index < -0.39 is 0 Å². The van der Waals surface area contributed by atoms with Gasteiger partial charge in [0.25, 0.3) is 0 Å². The molecular formula is C22H44O2. The zero-order chi connectivity index (χ0) is 17.9. The second-order valence-corrected chi connectivity index (χ2v) is 7.44. The number of hydrogen-bond donors (Lipinski definition) is 0. The molecule has 2 heteroatoms. The Labute approximate surface area is 152 Å². The predicted octanol–water partition coefficient (Wildman–Crippen LogP) is 7.59. The van der Waals surface area contributed by atoms with Crippen molar-refractivity contribution in [2.75, 3.05) is 0 Å². The Kier molecular flexibility index (Phi) is 18.4. The fraction of sp³-hybridized carbons (Fsp3) is 0.955.